The second-order valence-corrected chi connectivity index (χ2v) is 5.28. The lowest BCUT2D eigenvalue weighted by Gasteiger charge is -2.37. The largest absolute Gasteiger partial charge is 0.366 e. The monoisotopic (exact) mass is 269 g/mol. The van der Waals surface area contributed by atoms with Gasteiger partial charge >= 0.3 is 0 Å². The first-order valence-corrected chi connectivity index (χ1v) is 6.62. The van der Waals surface area contributed by atoms with Gasteiger partial charge in [0.15, 0.2) is 0 Å². The molecule has 0 amide bonds. The summed E-state index contributed by atoms with van der Waals surface area (Å²) >= 11 is 0. The number of piperidine rings is 1. The van der Waals surface area contributed by atoms with E-state index in [1.165, 1.54) is 12.1 Å². The molecule has 0 saturated carbocycles. The van der Waals surface area contributed by atoms with Gasteiger partial charge in [-0.05, 0) is 44.1 Å². The van der Waals surface area contributed by atoms with Gasteiger partial charge in [0.2, 0.25) is 0 Å². The van der Waals surface area contributed by atoms with Crippen molar-refractivity contribution in [3.05, 3.63) is 29.3 Å². The summed E-state index contributed by atoms with van der Waals surface area (Å²) in [6.07, 6.45) is 2.01. The summed E-state index contributed by atoms with van der Waals surface area (Å²) in [4.78, 5) is 3.91. The lowest BCUT2D eigenvalue weighted by atomic mass is 10.0. The first kappa shape index (κ1) is 14.2. The van der Waals surface area contributed by atoms with E-state index < -0.39 is 11.6 Å². The van der Waals surface area contributed by atoms with E-state index in [1.807, 2.05) is 7.05 Å². The lowest BCUT2D eigenvalue weighted by Crippen LogP contribution is -2.45. The smallest absolute Gasteiger partial charge is 0.149 e. The molecule has 1 heterocycles. The molecule has 5 heteroatoms. The Balaban J connectivity index is 2.25. The highest BCUT2D eigenvalue weighted by Crippen LogP contribution is 2.28. The third kappa shape index (κ3) is 3.04. The third-order valence-electron chi connectivity index (χ3n) is 3.81. The molecule has 1 fully saturated rings. The van der Waals surface area contributed by atoms with Gasteiger partial charge < -0.3 is 15.5 Å². The Hall–Kier alpha value is -1.20. The van der Waals surface area contributed by atoms with Crippen molar-refractivity contribution in [2.75, 3.05) is 32.1 Å². The molecule has 1 atom stereocenters. The summed E-state index contributed by atoms with van der Waals surface area (Å²) in [5, 5.41) is 0. The maximum atomic E-state index is 14.0. The van der Waals surface area contributed by atoms with Gasteiger partial charge in [0, 0.05) is 26.2 Å². The van der Waals surface area contributed by atoms with E-state index in [2.05, 4.69) is 4.90 Å². The molecule has 0 radical (unpaired) electrons. The first-order valence-electron chi connectivity index (χ1n) is 6.62. The van der Waals surface area contributed by atoms with Crippen molar-refractivity contribution >= 4 is 5.69 Å². The predicted octanol–water partition coefficient (Wildman–Crippen LogP) is 1.95. The molecule has 1 aliphatic rings. The van der Waals surface area contributed by atoms with Crippen LogP contribution in [-0.2, 0) is 6.54 Å². The Bertz CT molecular complexity index is 427. The molecule has 1 aromatic rings. The van der Waals surface area contributed by atoms with Gasteiger partial charge in [0.25, 0.3) is 0 Å². The van der Waals surface area contributed by atoms with Crippen LogP contribution in [0.15, 0.2) is 12.1 Å². The number of nitrogens with zero attached hydrogens (tertiary/aromatic N) is 2. The second kappa shape index (κ2) is 5.84. The van der Waals surface area contributed by atoms with Crippen molar-refractivity contribution in [2.24, 2.45) is 5.73 Å². The van der Waals surface area contributed by atoms with Crippen LogP contribution < -0.4 is 10.6 Å². The molecule has 1 aromatic carbocycles. The molecule has 0 spiro atoms. The summed E-state index contributed by atoms with van der Waals surface area (Å²) in [7, 11) is 3.79. The fraction of sp³-hybridized carbons (Fsp3) is 0.571. The lowest BCUT2D eigenvalue weighted by molar-refractivity contribution is 0.247. The summed E-state index contributed by atoms with van der Waals surface area (Å²) in [6.45, 7) is 2.01. The molecule has 19 heavy (non-hydrogen) atoms. The normalized spacial score (nSPS) is 20.6. The number of hydrogen-bond acceptors (Lipinski definition) is 3. The highest BCUT2D eigenvalue weighted by atomic mass is 19.1. The van der Waals surface area contributed by atoms with E-state index in [9.17, 15) is 8.78 Å². The Kier molecular flexibility index (Phi) is 4.37. The van der Waals surface area contributed by atoms with Crippen LogP contribution >= 0.6 is 0 Å². The van der Waals surface area contributed by atoms with Crippen LogP contribution in [0.1, 0.15) is 18.4 Å². The maximum absolute atomic E-state index is 14.0. The fourth-order valence-electron chi connectivity index (χ4n) is 2.71. The highest BCUT2D eigenvalue weighted by molar-refractivity contribution is 5.51. The number of halogens is 2. The average molecular weight is 269 g/mol. The van der Waals surface area contributed by atoms with Crippen LogP contribution in [0.5, 0.6) is 0 Å². The molecule has 1 saturated heterocycles. The van der Waals surface area contributed by atoms with Crippen molar-refractivity contribution in [3.63, 3.8) is 0 Å². The zero-order valence-electron chi connectivity index (χ0n) is 11.5. The highest BCUT2D eigenvalue weighted by Gasteiger charge is 2.25. The van der Waals surface area contributed by atoms with Gasteiger partial charge in [-0.2, -0.15) is 0 Å². The second-order valence-electron chi connectivity index (χ2n) is 5.28. The summed E-state index contributed by atoms with van der Waals surface area (Å²) < 4.78 is 28.1. The van der Waals surface area contributed by atoms with E-state index in [1.54, 1.807) is 11.9 Å². The van der Waals surface area contributed by atoms with Crippen molar-refractivity contribution in [2.45, 2.75) is 25.4 Å². The molecule has 0 aromatic heterocycles. The molecule has 3 nitrogen and oxygen atoms in total. The predicted molar refractivity (Wildman–Crippen MR) is 73.2 cm³/mol. The molecule has 2 N–H and O–H groups in total. The number of likely N-dealkylation sites (N-methyl/N-ethyl adjacent to an activating group) is 2. The SMILES string of the molecule is CN1CCCC(N(C)c2c(F)cc(CN)cc2F)C1. The minimum Gasteiger partial charge on any atom is -0.366 e. The van der Waals surface area contributed by atoms with E-state index >= 15 is 0 Å². The van der Waals surface area contributed by atoms with Gasteiger partial charge in [0.1, 0.15) is 17.3 Å². The van der Waals surface area contributed by atoms with Crippen LogP contribution in [0.2, 0.25) is 0 Å². The zero-order valence-corrected chi connectivity index (χ0v) is 11.5. The summed E-state index contributed by atoms with van der Waals surface area (Å²) in [5.74, 6) is -1.06. The third-order valence-corrected chi connectivity index (χ3v) is 3.81. The van der Waals surface area contributed by atoms with Crippen LogP contribution in [0.4, 0.5) is 14.5 Å². The Morgan fingerprint density at radius 1 is 1.37 bits per heavy atom. The van der Waals surface area contributed by atoms with Crippen LogP contribution in [0.3, 0.4) is 0 Å². The van der Waals surface area contributed by atoms with Gasteiger partial charge in [0.05, 0.1) is 0 Å². The summed E-state index contributed by atoms with van der Waals surface area (Å²) in [5.41, 5.74) is 5.95. The number of likely N-dealkylation sites (tertiary alicyclic amines) is 1. The number of anilines is 1. The summed E-state index contributed by atoms with van der Waals surface area (Å²) in [6, 6.07) is 2.79. The number of rotatable bonds is 3. The number of nitrogens with two attached hydrogens (primary N) is 1. The van der Waals surface area contributed by atoms with E-state index in [0.717, 1.165) is 25.9 Å². The molecule has 2 rings (SSSR count). The van der Waals surface area contributed by atoms with Crippen LogP contribution in [0, 0.1) is 11.6 Å². The maximum Gasteiger partial charge on any atom is 0.149 e. The number of benzene rings is 1. The molecule has 106 valence electrons. The van der Waals surface area contributed by atoms with Crippen LogP contribution in [-0.4, -0.2) is 38.1 Å². The molecular weight excluding hydrogens is 248 g/mol. The van der Waals surface area contributed by atoms with Gasteiger partial charge in [-0.3, -0.25) is 0 Å². The van der Waals surface area contributed by atoms with E-state index in [4.69, 9.17) is 5.73 Å². The molecule has 1 aliphatic heterocycles. The minimum atomic E-state index is -0.531. The Labute approximate surface area is 113 Å². The zero-order chi connectivity index (χ0) is 14.0. The van der Waals surface area contributed by atoms with Gasteiger partial charge in [-0.15, -0.1) is 0 Å². The first-order chi connectivity index (χ1) is 9.02. The molecular formula is C14H21F2N3. The molecule has 0 aliphatic carbocycles. The quantitative estimate of drug-likeness (QED) is 0.910. The van der Waals surface area contributed by atoms with Gasteiger partial charge in [-0.1, -0.05) is 0 Å². The van der Waals surface area contributed by atoms with Crippen molar-refractivity contribution in [1.82, 2.24) is 4.90 Å². The molecule has 0 bridgehead atoms. The topological polar surface area (TPSA) is 32.5 Å². The minimum absolute atomic E-state index is 0.0532. The van der Waals surface area contributed by atoms with Gasteiger partial charge in [-0.25, -0.2) is 8.78 Å². The van der Waals surface area contributed by atoms with Crippen molar-refractivity contribution in [3.8, 4) is 0 Å². The standard InChI is InChI=1S/C14H21F2N3/c1-18-5-3-4-11(9-18)19(2)14-12(15)6-10(8-17)7-13(14)16/h6-7,11H,3-5,8-9,17H2,1-2H3. The van der Waals surface area contributed by atoms with E-state index in [-0.39, 0.29) is 18.3 Å². The fourth-order valence-corrected chi connectivity index (χ4v) is 2.71. The van der Waals surface area contributed by atoms with E-state index in [0.29, 0.717) is 5.56 Å². The molecule has 1 unspecified atom stereocenters. The van der Waals surface area contributed by atoms with Crippen LogP contribution in [0.25, 0.3) is 0 Å². The Morgan fingerprint density at radius 2 is 2.00 bits per heavy atom. The average Bonchev–Trinajstić information content (AvgIpc) is 2.37. The van der Waals surface area contributed by atoms with Crippen molar-refractivity contribution < 1.29 is 8.78 Å². The van der Waals surface area contributed by atoms with Crippen molar-refractivity contribution in [1.29, 1.82) is 0 Å². The Morgan fingerprint density at radius 3 is 2.53 bits per heavy atom. The number of hydrogen-bond donors (Lipinski definition) is 1.